The molecule has 1 saturated heterocycles. The van der Waals surface area contributed by atoms with Gasteiger partial charge in [0.1, 0.15) is 0 Å². The van der Waals surface area contributed by atoms with E-state index in [1.807, 2.05) is 0 Å². The minimum atomic E-state index is 0. The van der Waals surface area contributed by atoms with Crippen LogP contribution in [0.5, 0.6) is 0 Å². The van der Waals surface area contributed by atoms with Gasteiger partial charge < -0.3 is 10.6 Å². The molecule has 64 valence electrons. The molecule has 1 heterocycles. The maximum Gasteiger partial charge on any atom is 0.0216 e. The first-order valence-electron chi connectivity index (χ1n) is 3.17. The van der Waals surface area contributed by atoms with Crippen LogP contribution in [0.1, 0.15) is 13.3 Å². The van der Waals surface area contributed by atoms with Gasteiger partial charge in [0.05, 0.1) is 0 Å². The van der Waals surface area contributed by atoms with Gasteiger partial charge in [-0.1, -0.05) is 0 Å². The van der Waals surface area contributed by atoms with Crippen LogP contribution in [0.2, 0.25) is 0 Å². The van der Waals surface area contributed by atoms with Gasteiger partial charge in [-0.3, -0.25) is 0 Å². The van der Waals surface area contributed by atoms with Crippen LogP contribution in [0.15, 0.2) is 0 Å². The average molecular weight is 187 g/mol. The highest BCUT2D eigenvalue weighted by Gasteiger charge is 2.23. The molecule has 2 nitrogen and oxygen atoms in total. The summed E-state index contributed by atoms with van der Waals surface area (Å²) < 4.78 is 0. The number of nitrogens with two attached hydrogens (primary N) is 1. The number of hydrogen-bond donors (Lipinski definition) is 1. The first-order chi connectivity index (χ1) is 3.72. The van der Waals surface area contributed by atoms with Crippen LogP contribution in [0.3, 0.4) is 0 Å². The molecule has 4 heteroatoms. The molecule has 0 aromatic rings. The Labute approximate surface area is 75.0 Å². The van der Waals surface area contributed by atoms with Crippen LogP contribution in [0.4, 0.5) is 0 Å². The number of nitrogens with zero attached hydrogens (tertiary/aromatic N) is 1. The van der Waals surface area contributed by atoms with E-state index >= 15 is 0 Å². The zero-order valence-corrected chi connectivity index (χ0v) is 8.04. The van der Waals surface area contributed by atoms with E-state index in [4.69, 9.17) is 5.73 Å². The normalized spacial score (nSPS) is 32.7. The molecule has 2 N–H and O–H groups in total. The van der Waals surface area contributed by atoms with Gasteiger partial charge in [0, 0.05) is 12.1 Å². The number of hydrogen-bond acceptors (Lipinski definition) is 2. The third kappa shape index (κ3) is 2.62. The maximum absolute atomic E-state index is 5.73. The van der Waals surface area contributed by atoms with Crippen molar-refractivity contribution >= 4 is 24.8 Å². The molecule has 0 bridgehead atoms. The lowest BCUT2D eigenvalue weighted by Gasteiger charge is -2.16. The summed E-state index contributed by atoms with van der Waals surface area (Å²) >= 11 is 0. The molecule has 2 atom stereocenters. The highest BCUT2D eigenvalue weighted by atomic mass is 35.5. The van der Waals surface area contributed by atoms with E-state index in [1.54, 1.807) is 0 Å². The lowest BCUT2D eigenvalue weighted by atomic mass is 10.2. The number of likely N-dealkylation sites (tertiary alicyclic amines) is 1. The topological polar surface area (TPSA) is 29.3 Å². The van der Waals surface area contributed by atoms with Crippen LogP contribution in [0.25, 0.3) is 0 Å². The first kappa shape index (κ1) is 13.1. The van der Waals surface area contributed by atoms with E-state index in [9.17, 15) is 0 Å². The summed E-state index contributed by atoms with van der Waals surface area (Å²) in [5, 5.41) is 0. The van der Waals surface area contributed by atoms with Crippen molar-refractivity contribution in [2.75, 3.05) is 13.6 Å². The Bertz CT molecular complexity index is 79.8. The SMILES string of the molecule is CC1C(N)CCN1C.Cl.Cl. The van der Waals surface area contributed by atoms with E-state index in [-0.39, 0.29) is 24.8 Å². The minimum Gasteiger partial charge on any atom is -0.326 e. The lowest BCUT2D eigenvalue weighted by molar-refractivity contribution is 0.318. The molecule has 1 aliphatic rings. The summed E-state index contributed by atoms with van der Waals surface area (Å²) in [6, 6.07) is 1.01. The van der Waals surface area contributed by atoms with Crippen molar-refractivity contribution in [2.24, 2.45) is 5.73 Å². The second-order valence-corrected chi connectivity index (χ2v) is 2.67. The summed E-state index contributed by atoms with van der Waals surface area (Å²) in [5.41, 5.74) is 5.73. The molecule has 0 aromatic carbocycles. The van der Waals surface area contributed by atoms with Gasteiger partial charge in [-0.05, 0) is 26.9 Å². The average Bonchev–Trinajstić information content (AvgIpc) is 1.98. The van der Waals surface area contributed by atoms with Crippen molar-refractivity contribution < 1.29 is 0 Å². The molecule has 1 rings (SSSR count). The third-order valence-corrected chi connectivity index (χ3v) is 2.13. The first-order valence-corrected chi connectivity index (χ1v) is 3.17. The van der Waals surface area contributed by atoms with Crippen molar-refractivity contribution in [2.45, 2.75) is 25.4 Å². The highest BCUT2D eigenvalue weighted by molar-refractivity contribution is 5.85. The van der Waals surface area contributed by atoms with Gasteiger partial charge in [0.25, 0.3) is 0 Å². The van der Waals surface area contributed by atoms with Crippen LogP contribution in [-0.2, 0) is 0 Å². The zero-order valence-electron chi connectivity index (χ0n) is 6.41. The van der Waals surface area contributed by atoms with Crippen molar-refractivity contribution in [1.82, 2.24) is 4.90 Å². The van der Waals surface area contributed by atoms with Gasteiger partial charge >= 0.3 is 0 Å². The van der Waals surface area contributed by atoms with E-state index < -0.39 is 0 Å². The van der Waals surface area contributed by atoms with Gasteiger partial charge in [0.15, 0.2) is 0 Å². The number of rotatable bonds is 0. The Hall–Kier alpha value is 0.500. The molecule has 1 fully saturated rings. The van der Waals surface area contributed by atoms with Crippen LogP contribution in [0, 0.1) is 0 Å². The Morgan fingerprint density at radius 2 is 1.90 bits per heavy atom. The molecular formula is C6H16Cl2N2. The smallest absolute Gasteiger partial charge is 0.0216 e. The zero-order chi connectivity index (χ0) is 6.15. The molecule has 0 amide bonds. The Morgan fingerprint density at radius 1 is 1.40 bits per heavy atom. The predicted octanol–water partition coefficient (Wildman–Crippen LogP) is 0.881. The van der Waals surface area contributed by atoms with Crippen molar-refractivity contribution in [3.8, 4) is 0 Å². The Balaban J connectivity index is 0. The monoisotopic (exact) mass is 186 g/mol. The summed E-state index contributed by atoms with van der Waals surface area (Å²) in [5.74, 6) is 0. The number of halogens is 2. The molecule has 0 spiro atoms. The second kappa shape index (κ2) is 5.19. The van der Waals surface area contributed by atoms with Crippen molar-refractivity contribution in [3.05, 3.63) is 0 Å². The van der Waals surface area contributed by atoms with Crippen molar-refractivity contribution in [1.29, 1.82) is 0 Å². The fraction of sp³-hybridized carbons (Fsp3) is 1.00. The molecule has 10 heavy (non-hydrogen) atoms. The summed E-state index contributed by atoms with van der Waals surface area (Å²) in [7, 11) is 2.12. The van der Waals surface area contributed by atoms with Crippen LogP contribution < -0.4 is 5.73 Å². The standard InChI is InChI=1S/C6H14N2.2ClH/c1-5-6(7)3-4-8(5)2;;/h5-6H,3-4,7H2,1-2H3;2*1H. The maximum atomic E-state index is 5.73. The molecule has 0 radical (unpaired) electrons. The van der Waals surface area contributed by atoms with E-state index in [0.717, 1.165) is 6.42 Å². The quantitative estimate of drug-likeness (QED) is 0.610. The van der Waals surface area contributed by atoms with E-state index in [2.05, 4.69) is 18.9 Å². The summed E-state index contributed by atoms with van der Waals surface area (Å²) in [4.78, 5) is 2.30. The molecule has 2 unspecified atom stereocenters. The summed E-state index contributed by atoms with van der Waals surface area (Å²) in [6.07, 6.45) is 1.16. The fourth-order valence-corrected chi connectivity index (χ4v) is 1.12. The molecule has 0 saturated carbocycles. The van der Waals surface area contributed by atoms with Crippen molar-refractivity contribution in [3.63, 3.8) is 0 Å². The third-order valence-electron chi connectivity index (χ3n) is 2.13. The molecule has 0 aliphatic carbocycles. The Kier molecular flexibility index (Phi) is 6.81. The highest BCUT2D eigenvalue weighted by Crippen LogP contribution is 2.11. The second-order valence-electron chi connectivity index (χ2n) is 2.67. The summed E-state index contributed by atoms with van der Waals surface area (Å²) in [6.45, 7) is 3.35. The van der Waals surface area contributed by atoms with Gasteiger partial charge in [-0.25, -0.2) is 0 Å². The van der Waals surface area contributed by atoms with E-state index in [0.29, 0.717) is 12.1 Å². The lowest BCUT2D eigenvalue weighted by Crippen LogP contribution is -2.34. The van der Waals surface area contributed by atoms with Crippen LogP contribution in [-0.4, -0.2) is 30.6 Å². The Morgan fingerprint density at radius 3 is 2.00 bits per heavy atom. The van der Waals surface area contributed by atoms with Gasteiger partial charge in [-0.2, -0.15) is 0 Å². The van der Waals surface area contributed by atoms with E-state index in [1.165, 1.54) is 6.54 Å². The largest absolute Gasteiger partial charge is 0.326 e. The minimum absolute atomic E-state index is 0. The number of likely N-dealkylation sites (N-methyl/N-ethyl adjacent to an activating group) is 1. The van der Waals surface area contributed by atoms with Crippen LogP contribution >= 0.6 is 24.8 Å². The van der Waals surface area contributed by atoms with Gasteiger partial charge in [0.2, 0.25) is 0 Å². The predicted molar refractivity (Wildman–Crippen MR) is 49.2 cm³/mol. The fourth-order valence-electron chi connectivity index (χ4n) is 1.12. The molecule has 0 aromatic heterocycles. The van der Waals surface area contributed by atoms with Gasteiger partial charge in [-0.15, -0.1) is 24.8 Å². The molecular weight excluding hydrogens is 171 g/mol. The molecule has 1 aliphatic heterocycles.